The Labute approximate surface area is 152 Å². The van der Waals surface area contributed by atoms with E-state index in [1.165, 1.54) is 28.7 Å². The zero-order chi connectivity index (χ0) is 16.5. The second kappa shape index (κ2) is 10.1. The number of amides is 1. The van der Waals surface area contributed by atoms with Crippen molar-refractivity contribution >= 4 is 52.4 Å². The molecule has 2 aromatic rings. The number of ether oxygens (including phenoxy) is 1. The molecule has 1 amide bonds. The molecule has 1 heterocycles. The molecular weight excluding hydrogens is 374 g/mol. The van der Waals surface area contributed by atoms with E-state index in [9.17, 15) is 4.79 Å². The van der Waals surface area contributed by atoms with E-state index in [-0.39, 0.29) is 5.91 Å². The predicted octanol–water partition coefficient (Wildman–Crippen LogP) is 3.34. The van der Waals surface area contributed by atoms with Gasteiger partial charge in [0.2, 0.25) is 5.91 Å². The fraction of sp³-hybridized carbons (Fsp3) is 0.357. The van der Waals surface area contributed by atoms with Gasteiger partial charge in [-0.15, -0.1) is 10.2 Å². The first kappa shape index (κ1) is 18.5. The van der Waals surface area contributed by atoms with Crippen LogP contribution in [0.15, 0.2) is 32.9 Å². The van der Waals surface area contributed by atoms with Crippen molar-refractivity contribution in [2.45, 2.75) is 14.4 Å². The van der Waals surface area contributed by atoms with Gasteiger partial charge in [-0.2, -0.15) is 0 Å². The second-order valence-corrected chi connectivity index (χ2v) is 8.24. The van der Waals surface area contributed by atoms with Crippen LogP contribution in [0.1, 0.15) is 5.56 Å². The third kappa shape index (κ3) is 7.09. The zero-order valence-electron chi connectivity index (χ0n) is 12.5. The Hall–Kier alpha value is -0.800. The van der Waals surface area contributed by atoms with Gasteiger partial charge in [0.05, 0.1) is 12.4 Å². The minimum absolute atomic E-state index is 0.0300. The average Bonchev–Trinajstić information content (AvgIpc) is 3.01. The molecule has 9 heteroatoms. The molecule has 0 aliphatic carbocycles. The Bertz CT molecular complexity index is 622. The van der Waals surface area contributed by atoms with Crippen molar-refractivity contribution in [3.8, 4) is 0 Å². The molecule has 2 rings (SSSR count). The molecule has 0 spiro atoms. The summed E-state index contributed by atoms with van der Waals surface area (Å²) in [5.41, 5.74) is 1.18. The van der Waals surface area contributed by atoms with E-state index >= 15 is 0 Å². The smallest absolute Gasteiger partial charge is 0.230 e. The maximum absolute atomic E-state index is 11.6. The van der Waals surface area contributed by atoms with Crippen LogP contribution in [0.5, 0.6) is 0 Å². The van der Waals surface area contributed by atoms with Gasteiger partial charge in [-0.25, -0.2) is 0 Å². The third-order valence-electron chi connectivity index (χ3n) is 2.62. The molecular formula is C14H16ClN3O2S3. The summed E-state index contributed by atoms with van der Waals surface area (Å²) < 4.78 is 6.56. The number of methoxy groups -OCH3 is 1. The van der Waals surface area contributed by atoms with Crippen LogP contribution in [-0.4, -0.2) is 42.1 Å². The van der Waals surface area contributed by atoms with Gasteiger partial charge in [0.1, 0.15) is 0 Å². The average molecular weight is 390 g/mol. The summed E-state index contributed by atoms with van der Waals surface area (Å²) in [4.78, 5) is 11.6. The molecule has 0 aliphatic rings. The molecule has 0 atom stereocenters. The van der Waals surface area contributed by atoms with Crippen LogP contribution >= 0.6 is 46.5 Å². The molecule has 0 saturated heterocycles. The molecule has 5 nitrogen and oxygen atoms in total. The van der Waals surface area contributed by atoms with Crippen molar-refractivity contribution in [1.29, 1.82) is 0 Å². The van der Waals surface area contributed by atoms with E-state index in [0.717, 1.165) is 19.5 Å². The summed E-state index contributed by atoms with van der Waals surface area (Å²) in [5.74, 6) is 1.12. The first-order valence-corrected chi connectivity index (χ1v) is 9.93. The monoisotopic (exact) mass is 389 g/mol. The Morgan fingerprint density at radius 1 is 1.26 bits per heavy atom. The van der Waals surface area contributed by atoms with E-state index < -0.39 is 0 Å². The molecule has 0 unspecified atom stereocenters. The molecule has 0 fully saturated rings. The van der Waals surface area contributed by atoms with Gasteiger partial charge in [0.15, 0.2) is 8.68 Å². The first-order chi connectivity index (χ1) is 11.2. The highest BCUT2D eigenvalue weighted by molar-refractivity contribution is 8.03. The van der Waals surface area contributed by atoms with Crippen LogP contribution in [0.4, 0.5) is 0 Å². The van der Waals surface area contributed by atoms with Crippen LogP contribution in [0, 0.1) is 0 Å². The number of hydrogen-bond acceptors (Lipinski definition) is 7. The van der Waals surface area contributed by atoms with Crippen LogP contribution in [0.2, 0.25) is 5.02 Å². The highest BCUT2D eigenvalue weighted by Crippen LogP contribution is 2.30. The van der Waals surface area contributed by atoms with Gasteiger partial charge >= 0.3 is 0 Å². The molecule has 1 aromatic heterocycles. The Morgan fingerprint density at radius 3 is 2.65 bits per heavy atom. The molecule has 23 heavy (non-hydrogen) atoms. The molecule has 124 valence electrons. The molecule has 1 aromatic carbocycles. The lowest BCUT2D eigenvalue weighted by Crippen LogP contribution is -2.28. The maximum Gasteiger partial charge on any atom is 0.230 e. The van der Waals surface area contributed by atoms with Crippen LogP contribution < -0.4 is 5.32 Å². The van der Waals surface area contributed by atoms with Gasteiger partial charge in [-0.05, 0) is 17.7 Å². The second-order valence-electron chi connectivity index (χ2n) is 4.38. The quantitative estimate of drug-likeness (QED) is 0.524. The van der Waals surface area contributed by atoms with Crippen molar-refractivity contribution < 1.29 is 9.53 Å². The number of rotatable bonds is 9. The zero-order valence-corrected chi connectivity index (χ0v) is 15.7. The summed E-state index contributed by atoms with van der Waals surface area (Å²) in [6, 6.07) is 7.74. The number of carbonyl (C=O) groups is 1. The van der Waals surface area contributed by atoms with Crippen molar-refractivity contribution in [1.82, 2.24) is 15.5 Å². The van der Waals surface area contributed by atoms with Crippen molar-refractivity contribution in [2.24, 2.45) is 0 Å². The number of nitrogens with zero attached hydrogens (tertiary/aromatic N) is 2. The van der Waals surface area contributed by atoms with Gasteiger partial charge in [0, 0.05) is 24.4 Å². The number of aromatic nitrogens is 2. The highest BCUT2D eigenvalue weighted by atomic mass is 35.5. The Morgan fingerprint density at radius 2 is 1.96 bits per heavy atom. The van der Waals surface area contributed by atoms with E-state index in [4.69, 9.17) is 16.3 Å². The minimum atomic E-state index is -0.0300. The molecule has 0 aliphatic heterocycles. The van der Waals surface area contributed by atoms with Gasteiger partial charge in [-0.1, -0.05) is 58.6 Å². The number of thioether (sulfide) groups is 2. The van der Waals surface area contributed by atoms with Gasteiger partial charge < -0.3 is 10.1 Å². The molecule has 0 bridgehead atoms. The van der Waals surface area contributed by atoms with Crippen LogP contribution in [0.3, 0.4) is 0 Å². The summed E-state index contributed by atoms with van der Waals surface area (Å²) in [5, 5.41) is 11.7. The van der Waals surface area contributed by atoms with E-state index in [0.29, 0.717) is 18.9 Å². The van der Waals surface area contributed by atoms with Crippen molar-refractivity contribution in [3.05, 3.63) is 34.9 Å². The van der Waals surface area contributed by atoms with E-state index in [2.05, 4.69) is 15.5 Å². The Kier molecular flexibility index (Phi) is 8.18. The lowest BCUT2D eigenvalue weighted by Gasteiger charge is -2.02. The summed E-state index contributed by atoms with van der Waals surface area (Å²) in [7, 11) is 1.60. The topological polar surface area (TPSA) is 64.1 Å². The molecule has 1 N–H and O–H groups in total. The largest absolute Gasteiger partial charge is 0.383 e. The fourth-order valence-electron chi connectivity index (χ4n) is 1.51. The van der Waals surface area contributed by atoms with Gasteiger partial charge in [0.25, 0.3) is 0 Å². The van der Waals surface area contributed by atoms with Crippen LogP contribution in [-0.2, 0) is 15.3 Å². The van der Waals surface area contributed by atoms with Crippen molar-refractivity contribution in [3.63, 3.8) is 0 Å². The number of halogens is 1. The number of benzene rings is 1. The standard InChI is InChI=1S/C14H16ClN3O2S3/c1-20-7-6-16-12(19)9-22-14-18-17-13(23-14)21-8-10-2-4-11(15)5-3-10/h2-5H,6-9H2,1H3,(H,16,19). The summed E-state index contributed by atoms with van der Waals surface area (Å²) >= 11 is 10.4. The Balaban J connectivity index is 1.72. The predicted molar refractivity (Wildman–Crippen MR) is 96.5 cm³/mol. The fourth-order valence-corrected chi connectivity index (χ4v) is 4.44. The number of carbonyl (C=O) groups excluding carboxylic acids is 1. The van der Waals surface area contributed by atoms with E-state index in [1.54, 1.807) is 18.9 Å². The summed E-state index contributed by atoms with van der Waals surface area (Å²) in [6.07, 6.45) is 0. The highest BCUT2D eigenvalue weighted by Gasteiger charge is 2.08. The van der Waals surface area contributed by atoms with Crippen molar-refractivity contribution in [2.75, 3.05) is 26.0 Å². The maximum atomic E-state index is 11.6. The minimum Gasteiger partial charge on any atom is -0.383 e. The van der Waals surface area contributed by atoms with Crippen LogP contribution in [0.25, 0.3) is 0 Å². The SMILES string of the molecule is COCCNC(=O)CSc1nnc(SCc2ccc(Cl)cc2)s1. The summed E-state index contributed by atoms with van der Waals surface area (Å²) in [6.45, 7) is 1.04. The van der Waals surface area contributed by atoms with Gasteiger partial charge in [-0.3, -0.25) is 4.79 Å². The lowest BCUT2D eigenvalue weighted by molar-refractivity contribution is -0.118. The molecule has 0 saturated carbocycles. The normalized spacial score (nSPS) is 10.7. The number of hydrogen-bond donors (Lipinski definition) is 1. The number of nitrogens with one attached hydrogen (secondary N) is 1. The third-order valence-corrected chi connectivity index (χ3v) is 6.13. The molecule has 0 radical (unpaired) electrons. The lowest BCUT2D eigenvalue weighted by atomic mass is 10.2. The first-order valence-electron chi connectivity index (χ1n) is 6.76. The van der Waals surface area contributed by atoms with E-state index in [1.807, 2.05) is 24.3 Å².